The molecule has 0 saturated heterocycles. The second-order valence-electron chi connectivity index (χ2n) is 4.45. The van der Waals surface area contributed by atoms with E-state index in [0.717, 1.165) is 27.7 Å². The van der Waals surface area contributed by atoms with Crippen LogP contribution in [0.5, 0.6) is 0 Å². The zero-order valence-corrected chi connectivity index (χ0v) is 12.6. The lowest BCUT2D eigenvalue weighted by Gasteiger charge is -2.09. The fraction of sp³-hybridized carbons (Fsp3) is 0.143. The Labute approximate surface area is 128 Å². The summed E-state index contributed by atoms with van der Waals surface area (Å²) >= 11 is 3.37. The highest BCUT2D eigenvalue weighted by molar-refractivity contribution is 9.10. The molecule has 0 amide bonds. The summed E-state index contributed by atoms with van der Waals surface area (Å²) in [6, 6.07) is 7.14. The molecule has 0 aliphatic carbocycles. The van der Waals surface area contributed by atoms with Gasteiger partial charge in [-0.1, -0.05) is 28.1 Å². The van der Waals surface area contributed by atoms with Gasteiger partial charge >= 0.3 is 0 Å². The third-order valence-electron chi connectivity index (χ3n) is 2.98. The molecule has 2 aromatic rings. The van der Waals surface area contributed by atoms with Gasteiger partial charge in [-0.15, -0.1) is 0 Å². The first kappa shape index (κ1) is 15.4. The van der Waals surface area contributed by atoms with Gasteiger partial charge in [-0.05, 0) is 30.2 Å². The molecule has 0 aromatic heterocycles. The molecule has 7 heteroatoms. The summed E-state index contributed by atoms with van der Waals surface area (Å²) < 4.78 is 27.8. The van der Waals surface area contributed by atoms with Crippen molar-refractivity contribution in [3.63, 3.8) is 0 Å². The Morgan fingerprint density at radius 3 is 2.62 bits per heavy atom. The summed E-state index contributed by atoms with van der Waals surface area (Å²) in [4.78, 5) is 10.1. The number of nitrogens with zero attached hydrogens (tertiary/aromatic N) is 1. The molecule has 4 nitrogen and oxygen atoms in total. The molecular weight excluding hydrogens is 346 g/mol. The summed E-state index contributed by atoms with van der Waals surface area (Å²) in [7, 11) is 0. The summed E-state index contributed by atoms with van der Waals surface area (Å²) in [5.74, 6) is -2.39. The van der Waals surface area contributed by atoms with Crippen molar-refractivity contribution in [1.82, 2.24) is 0 Å². The van der Waals surface area contributed by atoms with Crippen molar-refractivity contribution in [3.8, 4) is 0 Å². The van der Waals surface area contributed by atoms with Crippen molar-refractivity contribution in [2.24, 2.45) is 0 Å². The monoisotopic (exact) mass is 356 g/mol. The number of rotatable bonds is 4. The van der Waals surface area contributed by atoms with Gasteiger partial charge in [0.15, 0.2) is 17.3 Å². The van der Waals surface area contributed by atoms with Gasteiger partial charge in [0, 0.05) is 17.1 Å². The molecule has 0 aliphatic rings. The number of aryl methyl sites for hydroxylation is 1. The number of nitro benzene ring substituents is 1. The maximum Gasteiger partial charge on any atom is 0.295 e. The van der Waals surface area contributed by atoms with E-state index in [0.29, 0.717) is 0 Å². The Hall–Kier alpha value is -2.02. The smallest absolute Gasteiger partial charge is 0.295 e. The van der Waals surface area contributed by atoms with Crippen molar-refractivity contribution in [3.05, 3.63) is 67.7 Å². The van der Waals surface area contributed by atoms with E-state index in [-0.39, 0.29) is 6.54 Å². The third kappa shape index (κ3) is 3.36. The molecule has 0 fully saturated rings. The highest BCUT2D eigenvalue weighted by atomic mass is 79.9. The van der Waals surface area contributed by atoms with E-state index in [1.807, 2.05) is 19.1 Å². The highest BCUT2D eigenvalue weighted by Gasteiger charge is 2.21. The van der Waals surface area contributed by atoms with Gasteiger partial charge in [0.05, 0.1) is 4.92 Å². The highest BCUT2D eigenvalue weighted by Crippen LogP contribution is 2.29. The average molecular weight is 357 g/mol. The molecule has 0 unspecified atom stereocenters. The third-order valence-corrected chi connectivity index (χ3v) is 3.83. The number of halogens is 3. The minimum atomic E-state index is -1.25. The lowest BCUT2D eigenvalue weighted by molar-refractivity contribution is -0.384. The van der Waals surface area contributed by atoms with Crippen LogP contribution in [0.15, 0.2) is 34.8 Å². The predicted octanol–water partition coefficient (Wildman–Crippen LogP) is 4.56. The first-order valence-corrected chi connectivity index (χ1v) is 6.80. The van der Waals surface area contributed by atoms with Crippen LogP contribution in [0.3, 0.4) is 0 Å². The lowest BCUT2D eigenvalue weighted by Crippen LogP contribution is -2.06. The molecule has 0 aliphatic heterocycles. The van der Waals surface area contributed by atoms with Crippen LogP contribution in [-0.2, 0) is 6.54 Å². The number of hydrogen-bond donors (Lipinski definition) is 1. The summed E-state index contributed by atoms with van der Waals surface area (Å²) in [6.45, 7) is 2.05. The van der Waals surface area contributed by atoms with Gasteiger partial charge in [-0.2, -0.15) is 0 Å². The van der Waals surface area contributed by atoms with E-state index in [1.165, 1.54) is 0 Å². The topological polar surface area (TPSA) is 55.2 Å². The Morgan fingerprint density at radius 1 is 1.29 bits per heavy atom. The molecule has 0 radical (unpaired) electrons. The second-order valence-corrected chi connectivity index (χ2v) is 5.30. The Balaban J connectivity index is 2.28. The van der Waals surface area contributed by atoms with E-state index in [2.05, 4.69) is 21.2 Å². The fourth-order valence-corrected chi connectivity index (χ4v) is 2.22. The van der Waals surface area contributed by atoms with E-state index in [9.17, 15) is 18.9 Å². The molecule has 2 aromatic carbocycles. The molecule has 2 rings (SSSR count). The summed E-state index contributed by atoms with van der Waals surface area (Å²) in [6.07, 6.45) is 0. The van der Waals surface area contributed by atoms with Gasteiger partial charge in [0.25, 0.3) is 5.69 Å². The largest absolute Gasteiger partial charge is 0.373 e. The van der Waals surface area contributed by atoms with Crippen molar-refractivity contribution in [2.45, 2.75) is 13.5 Å². The fourth-order valence-electron chi connectivity index (χ4n) is 1.80. The van der Waals surface area contributed by atoms with E-state index in [1.54, 1.807) is 6.07 Å². The number of hydrogen-bond acceptors (Lipinski definition) is 3. The van der Waals surface area contributed by atoms with Crippen LogP contribution in [0.4, 0.5) is 20.2 Å². The quantitative estimate of drug-likeness (QED) is 0.645. The maximum absolute atomic E-state index is 13.7. The zero-order valence-electron chi connectivity index (χ0n) is 11.0. The number of nitro groups is 1. The molecule has 0 atom stereocenters. The summed E-state index contributed by atoms with van der Waals surface area (Å²) in [5, 5.41) is 13.5. The molecule has 0 saturated carbocycles. The van der Waals surface area contributed by atoms with Crippen LogP contribution in [0.25, 0.3) is 0 Å². The molecule has 21 heavy (non-hydrogen) atoms. The van der Waals surface area contributed by atoms with Gasteiger partial charge in [-0.25, -0.2) is 8.78 Å². The van der Waals surface area contributed by atoms with Gasteiger partial charge < -0.3 is 5.32 Å². The number of nitrogens with one attached hydrogen (secondary N) is 1. The first-order chi connectivity index (χ1) is 9.90. The van der Waals surface area contributed by atoms with Crippen molar-refractivity contribution >= 4 is 27.3 Å². The van der Waals surface area contributed by atoms with Gasteiger partial charge in [-0.3, -0.25) is 10.1 Å². The molecule has 110 valence electrons. The molecule has 1 N–H and O–H groups in total. The zero-order chi connectivity index (χ0) is 15.6. The predicted molar refractivity (Wildman–Crippen MR) is 79.2 cm³/mol. The number of benzene rings is 2. The Morgan fingerprint density at radius 2 is 2.00 bits per heavy atom. The maximum atomic E-state index is 13.7. The molecule has 0 heterocycles. The van der Waals surface area contributed by atoms with Crippen LogP contribution >= 0.6 is 15.9 Å². The van der Waals surface area contributed by atoms with E-state index >= 15 is 0 Å². The standard InChI is InChI=1S/C14H11BrF2N2O2/c1-8-2-3-9(6-10(8)15)7-18-14-12(19(20)21)5-4-11(16)13(14)17/h2-6,18H,7H2,1H3. The van der Waals surface area contributed by atoms with Crippen molar-refractivity contribution < 1.29 is 13.7 Å². The minimum absolute atomic E-state index is 0.139. The Kier molecular flexibility index (Phi) is 4.52. The van der Waals surface area contributed by atoms with Crippen LogP contribution in [0.2, 0.25) is 0 Å². The lowest BCUT2D eigenvalue weighted by atomic mass is 10.1. The van der Waals surface area contributed by atoms with Crippen LogP contribution in [0.1, 0.15) is 11.1 Å². The average Bonchev–Trinajstić information content (AvgIpc) is 2.43. The minimum Gasteiger partial charge on any atom is -0.373 e. The van der Waals surface area contributed by atoms with Crippen LogP contribution in [-0.4, -0.2) is 4.92 Å². The van der Waals surface area contributed by atoms with E-state index < -0.39 is 27.9 Å². The SMILES string of the molecule is Cc1ccc(CNc2c([N+](=O)[O-])ccc(F)c2F)cc1Br. The van der Waals surface area contributed by atoms with E-state index in [4.69, 9.17) is 0 Å². The summed E-state index contributed by atoms with van der Waals surface area (Å²) in [5.41, 5.74) is 0.865. The van der Waals surface area contributed by atoms with Gasteiger partial charge in [0.2, 0.25) is 0 Å². The normalized spacial score (nSPS) is 10.5. The molecule has 0 bridgehead atoms. The number of anilines is 1. The molecule has 0 spiro atoms. The first-order valence-electron chi connectivity index (χ1n) is 6.01. The molecular formula is C14H11BrF2N2O2. The van der Waals surface area contributed by atoms with Crippen molar-refractivity contribution in [1.29, 1.82) is 0 Å². The second kappa shape index (κ2) is 6.17. The van der Waals surface area contributed by atoms with Crippen LogP contribution in [0, 0.1) is 28.7 Å². The van der Waals surface area contributed by atoms with Crippen molar-refractivity contribution in [2.75, 3.05) is 5.32 Å². The Bertz CT molecular complexity index is 708. The van der Waals surface area contributed by atoms with Gasteiger partial charge in [0.1, 0.15) is 0 Å². The van der Waals surface area contributed by atoms with Crippen LogP contribution < -0.4 is 5.32 Å².